The van der Waals surface area contributed by atoms with Crippen molar-refractivity contribution in [2.24, 2.45) is 0 Å². The summed E-state index contributed by atoms with van der Waals surface area (Å²) in [5.74, 6) is 1.01. The van der Waals surface area contributed by atoms with Crippen LogP contribution in [-0.2, 0) is 4.79 Å². The Labute approximate surface area is 153 Å². The molecule has 0 saturated heterocycles. The Morgan fingerprint density at radius 1 is 1.19 bits per heavy atom. The lowest BCUT2D eigenvalue weighted by atomic mass is 9.88. The SMILES string of the molecule is O=C1CCCC2=C1C(c1cccs1)n1nc(-c3ccc(F)cc3)nc1N2. The zero-order valence-corrected chi connectivity index (χ0v) is 14.6. The highest BCUT2D eigenvalue weighted by molar-refractivity contribution is 7.10. The quantitative estimate of drug-likeness (QED) is 0.740. The van der Waals surface area contributed by atoms with Crippen LogP contribution in [0.5, 0.6) is 0 Å². The normalized spacial score (nSPS) is 19.1. The number of Topliss-reactive ketones (excluding diaryl/α,β-unsaturated/α-hetero) is 1. The second-order valence-electron chi connectivity index (χ2n) is 6.42. The lowest BCUT2D eigenvalue weighted by Gasteiger charge is -2.31. The van der Waals surface area contributed by atoms with Gasteiger partial charge in [0.1, 0.15) is 11.9 Å². The highest BCUT2D eigenvalue weighted by Crippen LogP contribution is 2.41. The molecule has 1 aliphatic heterocycles. The van der Waals surface area contributed by atoms with Crippen molar-refractivity contribution in [3.8, 4) is 11.4 Å². The van der Waals surface area contributed by atoms with Gasteiger partial charge in [-0.2, -0.15) is 4.98 Å². The van der Waals surface area contributed by atoms with Gasteiger partial charge in [-0.05, 0) is 48.6 Å². The molecular weight excluding hydrogens is 351 g/mol. The summed E-state index contributed by atoms with van der Waals surface area (Å²) in [5, 5.41) is 9.96. The lowest BCUT2D eigenvalue weighted by Crippen LogP contribution is -2.31. The minimum Gasteiger partial charge on any atom is -0.328 e. The van der Waals surface area contributed by atoms with Gasteiger partial charge in [0.2, 0.25) is 5.95 Å². The van der Waals surface area contributed by atoms with Crippen LogP contribution in [0.15, 0.2) is 53.0 Å². The average molecular weight is 366 g/mol. The third-order valence-corrected chi connectivity index (χ3v) is 5.71. The number of carbonyl (C=O) groups excluding carboxylic acids is 1. The van der Waals surface area contributed by atoms with Crippen molar-refractivity contribution < 1.29 is 9.18 Å². The van der Waals surface area contributed by atoms with E-state index in [9.17, 15) is 9.18 Å². The summed E-state index contributed by atoms with van der Waals surface area (Å²) in [5.41, 5.74) is 2.48. The first-order valence-corrected chi connectivity index (χ1v) is 9.38. The molecule has 1 unspecified atom stereocenters. The smallest absolute Gasteiger partial charge is 0.226 e. The number of thiophene rings is 1. The number of rotatable bonds is 2. The molecule has 3 aromatic rings. The number of ketones is 1. The Morgan fingerprint density at radius 2 is 2.04 bits per heavy atom. The van der Waals surface area contributed by atoms with Crippen LogP contribution >= 0.6 is 11.3 Å². The standard InChI is InChI=1S/C19H15FN4OS/c20-12-8-6-11(7-9-12)18-22-19-21-13-3-1-4-14(25)16(13)17(24(19)23-18)15-5-2-10-26-15/h2,5-10,17H,1,3-4H2,(H,21,22,23). The van der Waals surface area contributed by atoms with Crippen molar-refractivity contribution >= 4 is 23.1 Å². The van der Waals surface area contributed by atoms with Gasteiger partial charge in [-0.3, -0.25) is 4.79 Å². The molecule has 0 saturated carbocycles. The number of benzene rings is 1. The number of fused-ring (bicyclic) bond motifs is 1. The summed E-state index contributed by atoms with van der Waals surface area (Å²) in [6.07, 6.45) is 2.25. The van der Waals surface area contributed by atoms with Crippen molar-refractivity contribution in [3.63, 3.8) is 0 Å². The second-order valence-corrected chi connectivity index (χ2v) is 7.40. The van der Waals surface area contributed by atoms with Gasteiger partial charge >= 0.3 is 0 Å². The third kappa shape index (κ3) is 2.39. The fourth-order valence-electron chi connectivity index (χ4n) is 3.59. The molecule has 0 bridgehead atoms. The van der Waals surface area contributed by atoms with Gasteiger partial charge in [0.25, 0.3) is 0 Å². The van der Waals surface area contributed by atoms with Crippen molar-refractivity contribution in [3.05, 3.63) is 63.7 Å². The fraction of sp³-hybridized carbons (Fsp3) is 0.211. The molecule has 3 heterocycles. The van der Waals surface area contributed by atoms with Crippen molar-refractivity contribution in [2.45, 2.75) is 25.3 Å². The second kappa shape index (κ2) is 5.88. The number of allylic oxidation sites excluding steroid dienone is 2. The molecular formula is C19H15FN4OS. The first kappa shape index (κ1) is 15.5. The number of nitrogens with one attached hydrogen (secondary N) is 1. The molecule has 1 atom stereocenters. The van der Waals surface area contributed by atoms with Crippen LogP contribution in [0.4, 0.5) is 10.3 Å². The summed E-state index contributed by atoms with van der Waals surface area (Å²) in [4.78, 5) is 18.3. The zero-order chi connectivity index (χ0) is 17.7. The molecule has 26 heavy (non-hydrogen) atoms. The van der Waals surface area contributed by atoms with E-state index in [2.05, 4.69) is 15.4 Å². The number of halogens is 1. The molecule has 130 valence electrons. The third-order valence-electron chi connectivity index (χ3n) is 4.78. The number of aromatic nitrogens is 3. The molecule has 1 N–H and O–H groups in total. The van der Waals surface area contributed by atoms with E-state index in [-0.39, 0.29) is 17.6 Å². The van der Waals surface area contributed by atoms with Crippen LogP contribution in [-0.4, -0.2) is 20.5 Å². The van der Waals surface area contributed by atoms with Gasteiger partial charge in [0.15, 0.2) is 11.6 Å². The predicted molar refractivity (Wildman–Crippen MR) is 97.4 cm³/mol. The summed E-state index contributed by atoms with van der Waals surface area (Å²) in [7, 11) is 0. The molecule has 0 amide bonds. The summed E-state index contributed by atoms with van der Waals surface area (Å²) in [6, 6.07) is 9.86. The Kier molecular flexibility index (Phi) is 3.49. The van der Waals surface area contributed by atoms with Crippen LogP contribution in [0, 0.1) is 5.82 Å². The van der Waals surface area contributed by atoms with E-state index >= 15 is 0 Å². The van der Waals surface area contributed by atoms with Gasteiger partial charge in [0, 0.05) is 28.1 Å². The molecule has 2 aliphatic rings. The van der Waals surface area contributed by atoms with E-state index in [0.29, 0.717) is 18.2 Å². The average Bonchev–Trinajstić information content (AvgIpc) is 3.30. The number of hydrogen-bond donors (Lipinski definition) is 1. The van der Waals surface area contributed by atoms with Gasteiger partial charge in [-0.1, -0.05) is 6.07 Å². The molecule has 1 aromatic carbocycles. The summed E-state index contributed by atoms with van der Waals surface area (Å²) < 4.78 is 15.0. The highest BCUT2D eigenvalue weighted by atomic mass is 32.1. The molecule has 1 aliphatic carbocycles. The van der Waals surface area contributed by atoms with Crippen LogP contribution in [0.2, 0.25) is 0 Å². The number of anilines is 1. The van der Waals surface area contributed by atoms with Gasteiger partial charge in [-0.15, -0.1) is 16.4 Å². The first-order chi connectivity index (χ1) is 12.7. The Balaban J connectivity index is 1.66. The maximum absolute atomic E-state index is 13.2. The van der Waals surface area contributed by atoms with Crippen LogP contribution in [0.1, 0.15) is 30.2 Å². The minimum atomic E-state index is -0.296. The van der Waals surface area contributed by atoms with Crippen molar-refractivity contribution in [1.29, 1.82) is 0 Å². The van der Waals surface area contributed by atoms with Crippen LogP contribution in [0.25, 0.3) is 11.4 Å². The van der Waals surface area contributed by atoms with Crippen LogP contribution in [0.3, 0.4) is 0 Å². The molecule has 7 heteroatoms. The maximum atomic E-state index is 13.2. The Hall–Kier alpha value is -2.80. The zero-order valence-electron chi connectivity index (χ0n) is 13.8. The topological polar surface area (TPSA) is 59.8 Å². The Morgan fingerprint density at radius 3 is 2.81 bits per heavy atom. The van der Waals surface area contributed by atoms with Crippen molar-refractivity contribution in [1.82, 2.24) is 14.8 Å². The van der Waals surface area contributed by atoms with Crippen LogP contribution < -0.4 is 5.32 Å². The predicted octanol–water partition coefficient (Wildman–Crippen LogP) is 4.17. The maximum Gasteiger partial charge on any atom is 0.226 e. The molecule has 0 radical (unpaired) electrons. The monoisotopic (exact) mass is 366 g/mol. The summed E-state index contributed by atoms with van der Waals surface area (Å²) in [6.45, 7) is 0. The Bertz CT molecular complexity index is 1020. The molecule has 0 spiro atoms. The number of nitrogens with zero attached hydrogens (tertiary/aromatic N) is 3. The largest absolute Gasteiger partial charge is 0.328 e. The number of carbonyl (C=O) groups is 1. The summed E-state index contributed by atoms with van der Waals surface area (Å²) >= 11 is 1.61. The number of hydrogen-bond acceptors (Lipinski definition) is 5. The van der Waals surface area contributed by atoms with E-state index in [1.165, 1.54) is 12.1 Å². The van der Waals surface area contributed by atoms with Gasteiger partial charge in [0.05, 0.1) is 0 Å². The van der Waals surface area contributed by atoms with Gasteiger partial charge < -0.3 is 5.32 Å². The van der Waals surface area contributed by atoms with E-state index in [4.69, 9.17) is 0 Å². The van der Waals surface area contributed by atoms with E-state index in [1.54, 1.807) is 28.2 Å². The lowest BCUT2D eigenvalue weighted by molar-refractivity contribution is -0.116. The van der Waals surface area contributed by atoms with E-state index in [1.807, 2.05) is 17.5 Å². The fourth-order valence-corrected chi connectivity index (χ4v) is 4.41. The molecule has 5 nitrogen and oxygen atoms in total. The van der Waals surface area contributed by atoms with E-state index < -0.39 is 0 Å². The molecule has 0 fully saturated rings. The van der Waals surface area contributed by atoms with Gasteiger partial charge in [-0.25, -0.2) is 9.07 Å². The molecule has 2 aromatic heterocycles. The highest BCUT2D eigenvalue weighted by Gasteiger charge is 2.37. The van der Waals surface area contributed by atoms with E-state index in [0.717, 1.165) is 34.6 Å². The first-order valence-electron chi connectivity index (χ1n) is 8.50. The van der Waals surface area contributed by atoms with Crippen molar-refractivity contribution in [2.75, 3.05) is 5.32 Å². The minimum absolute atomic E-state index is 0.168. The molecule has 5 rings (SSSR count).